The van der Waals surface area contributed by atoms with Gasteiger partial charge < -0.3 is 10.1 Å². The van der Waals surface area contributed by atoms with Gasteiger partial charge in [0.15, 0.2) is 0 Å². The Morgan fingerprint density at radius 2 is 1.97 bits per heavy atom. The first kappa shape index (κ1) is 19.9. The Labute approximate surface area is 174 Å². The van der Waals surface area contributed by atoms with Crippen LogP contribution in [-0.4, -0.2) is 31.8 Å². The smallest absolute Gasteiger partial charge is 0.346 e. The highest BCUT2D eigenvalue weighted by atomic mass is 16.5. The lowest BCUT2D eigenvalue weighted by atomic mass is 9.99. The zero-order valence-corrected chi connectivity index (χ0v) is 16.7. The summed E-state index contributed by atoms with van der Waals surface area (Å²) in [5.74, 6) is 1.37. The van der Waals surface area contributed by atoms with E-state index >= 15 is 0 Å². The minimum Gasteiger partial charge on any atom is -0.492 e. The minimum absolute atomic E-state index is 0.00277. The number of amides is 1. The third kappa shape index (κ3) is 4.76. The maximum absolute atomic E-state index is 12.7. The van der Waals surface area contributed by atoms with Crippen LogP contribution in [0.4, 0.5) is 0 Å². The first-order valence-corrected chi connectivity index (χ1v) is 10.2. The normalized spacial score (nSPS) is 15.8. The second kappa shape index (κ2) is 9.39. The molecule has 156 valence electrons. The van der Waals surface area contributed by atoms with Crippen molar-refractivity contribution in [1.29, 1.82) is 0 Å². The molecule has 3 aromatic rings. The van der Waals surface area contributed by atoms with Crippen molar-refractivity contribution in [3.05, 3.63) is 76.7 Å². The number of carbonyl (C=O) groups is 1. The number of hydrogen-bond donors (Lipinski definition) is 1. The van der Waals surface area contributed by atoms with Crippen molar-refractivity contribution < 1.29 is 9.53 Å². The fraction of sp³-hybridized carbons (Fsp3) is 0.364. The van der Waals surface area contributed by atoms with Crippen molar-refractivity contribution in [1.82, 2.24) is 24.6 Å². The van der Waals surface area contributed by atoms with Crippen LogP contribution in [0.5, 0.6) is 5.75 Å². The highest BCUT2D eigenvalue weighted by molar-refractivity contribution is 5.78. The van der Waals surface area contributed by atoms with Crippen LogP contribution < -0.4 is 15.7 Å². The van der Waals surface area contributed by atoms with E-state index in [1.54, 1.807) is 10.8 Å². The second-order valence-electron chi connectivity index (χ2n) is 7.30. The summed E-state index contributed by atoms with van der Waals surface area (Å²) in [5, 5.41) is 7.43. The van der Waals surface area contributed by atoms with Crippen molar-refractivity contribution in [2.45, 2.75) is 38.9 Å². The van der Waals surface area contributed by atoms with Gasteiger partial charge in [-0.05, 0) is 37.1 Å². The molecule has 8 nitrogen and oxygen atoms in total. The molecule has 2 aromatic heterocycles. The van der Waals surface area contributed by atoms with E-state index in [1.807, 2.05) is 48.5 Å². The topological polar surface area (TPSA) is 91.0 Å². The molecular weight excluding hydrogens is 382 g/mol. The summed E-state index contributed by atoms with van der Waals surface area (Å²) in [6.07, 6.45) is 3.60. The Hall–Kier alpha value is -3.42. The highest BCUT2D eigenvalue weighted by Crippen LogP contribution is 2.18. The Bertz CT molecular complexity index is 1030. The van der Waals surface area contributed by atoms with E-state index in [0.29, 0.717) is 45.5 Å². The van der Waals surface area contributed by atoms with Crippen LogP contribution in [-0.2, 0) is 30.8 Å². The molecule has 0 bridgehead atoms. The number of aryl methyl sites for hydroxylation is 1. The zero-order chi connectivity index (χ0) is 20.8. The van der Waals surface area contributed by atoms with Crippen LogP contribution in [0.2, 0.25) is 0 Å². The van der Waals surface area contributed by atoms with Crippen molar-refractivity contribution >= 4 is 5.91 Å². The highest BCUT2D eigenvalue weighted by Gasteiger charge is 2.25. The van der Waals surface area contributed by atoms with Gasteiger partial charge in [0.05, 0.1) is 18.8 Å². The third-order valence-electron chi connectivity index (χ3n) is 5.27. The molecule has 0 saturated carbocycles. The van der Waals surface area contributed by atoms with Gasteiger partial charge in [-0.15, -0.1) is 0 Å². The molecule has 0 fully saturated rings. The monoisotopic (exact) mass is 407 g/mol. The predicted octanol–water partition coefficient (Wildman–Crippen LogP) is 1.79. The number of benzene rings is 1. The lowest BCUT2D eigenvalue weighted by Gasteiger charge is -2.13. The second-order valence-corrected chi connectivity index (χ2v) is 7.30. The van der Waals surface area contributed by atoms with Crippen LogP contribution in [0.25, 0.3) is 0 Å². The average molecular weight is 407 g/mol. The maximum Gasteiger partial charge on any atom is 0.346 e. The molecule has 4 rings (SSSR count). The number of aromatic nitrogens is 4. The standard InChI is InChI=1S/C22H25N5O3/c28-21(24-16-18-6-4-5-12-23-18)17-9-10-20-25-27(22(29)26(20)13-11-17)14-15-30-19-7-2-1-3-8-19/h1-8,12,17H,9-11,13-16H2,(H,24,28). The molecule has 1 aliphatic rings. The maximum atomic E-state index is 12.7. The summed E-state index contributed by atoms with van der Waals surface area (Å²) in [6, 6.07) is 15.1. The van der Waals surface area contributed by atoms with E-state index in [1.165, 1.54) is 4.68 Å². The van der Waals surface area contributed by atoms with E-state index in [9.17, 15) is 9.59 Å². The summed E-state index contributed by atoms with van der Waals surface area (Å²) in [6.45, 7) is 1.67. The van der Waals surface area contributed by atoms with E-state index in [0.717, 1.165) is 17.3 Å². The summed E-state index contributed by atoms with van der Waals surface area (Å²) >= 11 is 0. The van der Waals surface area contributed by atoms with Gasteiger partial charge in [0.25, 0.3) is 0 Å². The molecule has 0 saturated heterocycles. The van der Waals surface area contributed by atoms with Gasteiger partial charge in [0.2, 0.25) is 5.91 Å². The molecule has 1 aliphatic heterocycles. The number of hydrogen-bond acceptors (Lipinski definition) is 5. The Kier molecular flexibility index (Phi) is 6.22. The van der Waals surface area contributed by atoms with Gasteiger partial charge in [-0.25, -0.2) is 9.48 Å². The molecule has 30 heavy (non-hydrogen) atoms. The first-order chi connectivity index (χ1) is 14.7. The molecule has 1 aromatic carbocycles. The average Bonchev–Trinajstić information content (AvgIpc) is 2.95. The molecule has 0 aliphatic carbocycles. The lowest BCUT2D eigenvalue weighted by Crippen LogP contribution is -2.32. The van der Waals surface area contributed by atoms with Gasteiger partial charge in [0.1, 0.15) is 18.2 Å². The van der Waals surface area contributed by atoms with Gasteiger partial charge in [-0.2, -0.15) is 5.10 Å². The van der Waals surface area contributed by atoms with Crippen molar-refractivity contribution in [2.75, 3.05) is 6.61 Å². The predicted molar refractivity (Wildman–Crippen MR) is 111 cm³/mol. The van der Waals surface area contributed by atoms with Crippen molar-refractivity contribution in [2.24, 2.45) is 5.92 Å². The molecule has 1 N–H and O–H groups in total. The molecule has 0 spiro atoms. The van der Waals surface area contributed by atoms with Gasteiger partial charge in [-0.3, -0.25) is 14.3 Å². The number of fused-ring (bicyclic) bond motifs is 1. The van der Waals surface area contributed by atoms with Crippen molar-refractivity contribution in [3.63, 3.8) is 0 Å². The molecule has 0 radical (unpaired) electrons. The van der Waals surface area contributed by atoms with Gasteiger partial charge >= 0.3 is 5.69 Å². The number of nitrogens with zero attached hydrogens (tertiary/aromatic N) is 4. The number of nitrogens with one attached hydrogen (secondary N) is 1. The van der Waals surface area contributed by atoms with Gasteiger partial charge in [0, 0.05) is 25.1 Å². The number of rotatable bonds is 7. The van der Waals surface area contributed by atoms with E-state index < -0.39 is 0 Å². The largest absolute Gasteiger partial charge is 0.492 e. The third-order valence-corrected chi connectivity index (χ3v) is 5.27. The fourth-order valence-corrected chi connectivity index (χ4v) is 3.63. The molecule has 8 heteroatoms. The first-order valence-electron chi connectivity index (χ1n) is 10.2. The number of carbonyl (C=O) groups excluding carboxylic acids is 1. The Morgan fingerprint density at radius 1 is 1.13 bits per heavy atom. The quantitative estimate of drug-likeness (QED) is 0.645. The fourth-order valence-electron chi connectivity index (χ4n) is 3.63. The number of pyridine rings is 1. The molecule has 1 unspecified atom stereocenters. The van der Waals surface area contributed by atoms with E-state index in [2.05, 4.69) is 15.4 Å². The van der Waals surface area contributed by atoms with E-state index in [-0.39, 0.29) is 17.5 Å². The summed E-state index contributed by atoms with van der Waals surface area (Å²) in [5.41, 5.74) is 0.684. The van der Waals surface area contributed by atoms with Gasteiger partial charge in [-0.1, -0.05) is 24.3 Å². The van der Waals surface area contributed by atoms with Crippen LogP contribution >= 0.6 is 0 Å². The number of ether oxygens (including phenoxy) is 1. The molecule has 3 heterocycles. The zero-order valence-electron chi connectivity index (χ0n) is 16.7. The summed E-state index contributed by atoms with van der Waals surface area (Å²) < 4.78 is 8.81. The van der Waals surface area contributed by atoms with Crippen LogP contribution in [0, 0.1) is 5.92 Å². The van der Waals surface area contributed by atoms with E-state index in [4.69, 9.17) is 4.74 Å². The van der Waals surface area contributed by atoms with Crippen LogP contribution in [0.3, 0.4) is 0 Å². The lowest BCUT2D eigenvalue weighted by molar-refractivity contribution is -0.125. The summed E-state index contributed by atoms with van der Waals surface area (Å²) in [4.78, 5) is 29.5. The molecule has 1 atom stereocenters. The summed E-state index contributed by atoms with van der Waals surface area (Å²) in [7, 11) is 0. The number of para-hydroxylation sites is 1. The Morgan fingerprint density at radius 3 is 2.77 bits per heavy atom. The van der Waals surface area contributed by atoms with Crippen LogP contribution in [0.15, 0.2) is 59.5 Å². The SMILES string of the molecule is O=C(NCc1ccccn1)C1CCc2nn(CCOc3ccccc3)c(=O)n2CC1. The van der Waals surface area contributed by atoms with Crippen molar-refractivity contribution in [3.8, 4) is 5.75 Å². The minimum atomic E-state index is -0.142. The Balaban J connectivity index is 1.31. The van der Waals surface area contributed by atoms with Crippen LogP contribution in [0.1, 0.15) is 24.4 Å². The molecule has 1 amide bonds. The molecular formula is C22H25N5O3.